The van der Waals surface area contributed by atoms with Gasteiger partial charge in [0.1, 0.15) is 17.9 Å². The number of halogens is 1. The number of hydrogen-bond donors (Lipinski definition) is 2. The molecule has 11 heteroatoms. The second-order valence-electron chi connectivity index (χ2n) is 14.2. The van der Waals surface area contributed by atoms with Crippen molar-refractivity contribution in [2.45, 2.75) is 33.6 Å². The molecule has 256 valence electrons. The highest BCUT2D eigenvalue weighted by Gasteiger charge is 2.30. The quantitative estimate of drug-likeness (QED) is 0.147. The van der Waals surface area contributed by atoms with Gasteiger partial charge in [0.2, 0.25) is 5.95 Å². The molecule has 6 rings (SSSR count). The van der Waals surface area contributed by atoms with Gasteiger partial charge in [0.15, 0.2) is 5.82 Å². The lowest BCUT2D eigenvalue weighted by molar-refractivity contribution is 0.199. The minimum Gasteiger partial charge on any atom is -0.494 e. The summed E-state index contributed by atoms with van der Waals surface area (Å²) in [6.45, 7) is 12.5. The third kappa shape index (κ3) is 7.79. The van der Waals surface area contributed by atoms with Crippen molar-refractivity contribution in [2.24, 2.45) is 18.4 Å². The zero-order valence-corrected chi connectivity index (χ0v) is 30.9. The summed E-state index contributed by atoms with van der Waals surface area (Å²) in [5, 5.41) is 12.2. The zero-order valence-electron chi connectivity index (χ0n) is 29.3. The Balaban J connectivity index is 1.33. The van der Waals surface area contributed by atoms with Crippen LogP contribution in [0.1, 0.15) is 33.6 Å². The van der Waals surface area contributed by atoms with Crippen molar-refractivity contribution >= 4 is 52.9 Å². The minimum atomic E-state index is -2.69. The van der Waals surface area contributed by atoms with Gasteiger partial charge < -0.3 is 24.8 Å². The van der Waals surface area contributed by atoms with Gasteiger partial charge in [0.25, 0.3) is 0 Å². The van der Waals surface area contributed by atoms with Crippen LogP contribution in [0.4, 0.5) is 28.8 Å². The number of nitrogens with one attached hydrogen (secondary N) is 2. The molecule has 0 unspecified atom stereocenters. The van der Waals surface area contributed by atoms with Crippen LogP contribution in [0.3, 0.4) is 0 Å². The van der Waals surface area contributed by atoms with Gasteiger partial charge in [0, 0.05) is 54.5 Å². The predicted molar refractivity (Wildman–Crippen MR) is 204 cm³/mol. The van der Waals surface area contributed by atoms with Crippen molar-refractivity contribution in [1.29, 1.82) is 0 Å². The van der Waals surface area contributed by atoms with Crippen molar-refractivity contribution in [2.75, 3.05) is 49.1 Å². The van der Waals surface area contributed by atoms with Crippen LogP contribution in [0.2, 0.25) is 5.02 Å². The smallest absolute Gasteiger partial charge is 0.229 e. The maximum atomic E-state index is 13.5. The molecule has 5 aromatic rings. The van der Waals surface area contributed by atoms with Crippen LogP contribution >= 0.6 is 18.7 Å². The number of aryl methyl sites for hydroxylation is 1. The number of rotatable bonds is 9. The van der Waals surface area contributed by atoms with Gasteiger partial charge in [-0.25, -0.2) is 4.98 Å². The molecule has 1 fully saturated rings. The molecule has 0 atom stereocenters. The second kappa shape index (κ2) is 13.9. The molecule has 0 aliphatic carbocycles. The number of piperidine rings is 1. The van der Waals surface area contributed by atoms with Gasteiger partial charge in [-0.1, -0.05) is 68.8 Å². The van der Waals surface area contributed by atoms with Crippen molar-refractivity contribution in [1.82, 2.24) is 19.7 Å². The molecule has 3 aromatic carbocycles. The van der Waals surface area contributed by atoms with E-state index in [4.69, 9.17) is 21.3 Å². The summed E-state index contributed by atoms with van der Waals surface area (Å²) in [4.78, 5) is 11.7. The molecule has 9 nitrogen and oxygen atoms in total. The highest BCUT2D eigenvalue weighted by molar-refractivity contribution is 7.70. The first-order valence-corrected chi connectivity index (χ1v) is 19.6. The Morgan fingerprint density at radius 1 is 0.918 bits per heavy atom. The van der Waals surface area contributed by atoms with E-state index in [-0.39, 0.29) is 5.41 Å². The first-order chi connectivity index (χ1) is 23.3. The molecule has 2 N–H and O–H groups in total. The number of methoxy groups -OCH3 is 1. The molecule has 0 amide bonds. The Hall–Kier alpha value is -4.33. The van der Waals surface area contributed by atoms with E-state index in [1.807, 2.05) is 72.7 Å². The van der Waals surface area contributed by atoms with E-state index < -0.39 is 7.14 Å². The molecule has 0 radical (unpaired) electrons. The molecule has 0 bridgehead atoms. The van der Waals surface area contributed by atoms with Gasteiger partial charge >= 0.3 is 0 Å². The Morgan fingerprint density at radius 3 is 2.29 bits per heavy atom. The van der Waals surface area contributed by atoms with Gasteiger partial charge in [-0.3, -0.25) is 4.68 Å². The fourth-order valence-corrected chi connectivity index (χ4v) is 7.83. The fourth-order valence-electron chi connectivity index (χ4n) is 6.53. The molecule has 49 heavy (non-hydrogen) atoms. The highest BCUT2D eigenvalue weighted by Crippen LogP contribution is 2.44. The maximum Gasteiger partial charge on any atom is 0.229 e. The number of hydrogen-bond acceptors (Lipinski definition) is 8. The standard InChI is InChI=1S/C38H45ClN7O2P/c1-38(2,3)28-15-17-46(18-16-28)33-21-34(48-5)32(20-29(33)27-22-41-45(4)24-27)43-37-40-23-30(39)36(44-37)42-31-14-13-26(19-35(31)49(6,7)47)25-11-9-8-10-12-25/h8-14,19-24,28H,15-18H2,1-7H3,(H2,40,42,43,44). The Kier molecular flexibility index (Phi) is 9.79. The van der Waals surface area contributed by atoms with Gasteiger partial charge in [-0.15, -0.1) is 0 Å². The van der Waals surface area contributed by atoms with E-state index in [9.17, 15) is 4.57 Å². The molecular formula is C38H45ClN7O2P. The maximum absolute atomic E-state index is 13.5. The lowest BCUT2D eigenvalue weighted by Gasteiger charge is -2.40. The van der Waals surface area contributed by atoms with Crippen LogP contribution in [0.5, 0.6) is 5.75 Å². The van der Waals surface area contributed by atoms with Crippen molar-refractivity contribution in [3.63, 3.8) is 0 Å². The average Bonchev–Trinajstić information content (AvgIpc) is 3.51. The van der Waals surface area contributed by atoms with Gasteiger partial charge in [-0.05, 0) is 66.8 Å². The second-order valence-corrected chi connectivity index (χ2v) is 17.8. The van der Waals surface area contributed by atoms with E-state index in [0.717, 1.165) is 53.9 Å². The number of nitrogens with zero attached hydrogens (tertiary/aromatic N) is 5. The molecule has 1 aliphatic rings. The first-order valence-electron chi connectivity index (χ1n) is 16.6. The molecule has 0 spiro atoms. The van der Waals surface area contributed by atoms with Gasteiger partial charge in [0.05, 0.1) is 30.9 Å². The third-order valence-corrected chi connectivity index (χ3v) is 11.1. The Bertz CT molecular complexity index is 1990. The number of anilines is 5. The van der Waals surface area contributed by atoms with E-state index in [1.165, 1.54) is 0 Å². The topological polar surface area (TPSA) is 97.2 Å². The van der Waals surface area contributed by atoms with Crippen LogP contribution in [-0.4, -0.2) is 53.3 Å². The predicted octanol–water partition coefficient (Wildman–Crippen LogP) is 9.20. The van der Waals surface area contributed by atoms with Gasteiger partial charge in [-0.2, -0.15) is 10.1 Å². The SMILES string of the molecule is COc1cc(N2CCC(C(C)(C)C)CC2)c(-c2cnn(C)c2)cc1Nc1ncc(Cl)c(Nc2ccc(-c3ccccc3)cc2P(C)(C)=O)n1. The summed E-state index contributed by atoms with van der Waals surface area (Å²) in [6, 6.07) is 20.1. The summed E-state index contributed by atoms with van der Waals surface area (Å²) >= 11 is 6.63. The monoisotopic (exact) mass is 697 g/mol. The largest absolute Gasteiger partial charge is 0.494 e. The molecule has 0 saturated carbocycles. The zero-order chi connectivity index (χ0) is 34.9. The van der Waals surface area contributed by atoms with Crippen molar-refractivity contribution < 1.29 is 9.30 Å². The van der Waals surface area contributed by atoms with E-state index in [2.05, 4.69) is 58.5 Å². The minimum absolute atomic E-state index is 0.288. The van der Waals surface area contributed by atoms with Crippen molar-refractivity contribution in [3.05, 3.63) is 84.3 Å². The lowest BCUT2D eigenvalue weighted by Crippen LogP contribution is -2.38. The summed E-state index contributed by atoms with van der Waals surface area (Å²) < 4.78 is 21.2. The summed E-state index contributed by atoms with van der Waals surface area (Å²) in [5.41, 5.74) is 6.87. The van der Waals surface area contributed by atoms with E-state index in [0.29, 0.717) is 45.1 Å². The Labute approximate surface area is 294 Å². The normalized spacial score (nSPS) is 14.2. The van der Waals surface area contributed by atoms with Crippen LogP contribution in [-0.2, 0) is 11.6 Å². The molecular weight excluding hydrogens is 653 g/mol. The van der Waals surface area contributed by atoms with Crippen LogP contribution < -0.4 is 25.6 Å². The van der Waals surface area contributed by atoms with Crippen molar-refractivity contribution in [3.8, 4) is 28.0 Å². The van der Waals surface area contributed by atoms with E-state index >= 15 is 0 Å². The third-order valence-electron chi connectivity index (χ3n) is 9.32. The number of aromatic nitrogens is 4. The summed E-state index contributed by atoms with van der Waals surface area (Å²) in [6.07, 6.45) is 7.73. The lowest BCUT2D eigenvalue weighted by atomic mass is 9.75. The molecule has 1 aliphatic heterocycles. The molecule has 3 heterocycles. The average molecular weight is 698 g/mol. The van der Waals surface area contributed by atoms with E-state index in [1.54, 1.807) is 26.6 Å². The first kappa shape index (κ1) is 34.5. The molecule has 2 aromatic heterocycles. The number of ether oxygens (including phenoxy) is 1. The van der Waals surface area contributed by atoms with Crippen LogP contribution in [0.25, 0.3) is 22.3 Å². The highest BCUT2D eigenvalue weighted by atomic mass is 35.5. The van der Waals surface area contributed by atoms with Crippen LogP contribution in [0, 0.1) is 11.3 Å². The molecule has 1 saturated heterocycles. The number of benzene rings is 3. The summed E-state index contributed by atoms with van der Waals surface area (Å²) in [5.74, 6) is 2.08. The Morgan fingerprint density at radius 2 is 1.65 bits per heavy atom. The fraction of sp³-hybridized carbons (Fsp3) is 0.342. The van der Waals surface area contributed by atoms with Crippen LogP contribution in [0.15, 0.2) is 79.3 Å². The summed E-state index contributed by atoms with van der Waals surface area (Å²) in [7, 11) is 0.908.